The summed E-state index contributed by atoms with van der Waals surface area (Å²) in [6.07, 6.45) is 3.06. The predicted octanol–water partition coefficient (Wildman–Crippen LogP) is 5.52. The number of carbonyl (C=O) groups is 2. The molecular weight excluding hydrogens is 460 g/mol. The topological polar surface area (TPSA) is 95.8 Å². The summed E-state index contributed by atoms with van der Waals surface area (Å²) < 4.78 is 18.2. The zero-order chi connectivity index (χ0) is 26.1. The Hall–Kier alpha value is -3.62. The van der Waals surface area contributed by atoms with Crippen LogP contribution in [0.5, 0.6) is 5.75 Å². The molecule has 1 aliphatic rings. The molecule has 0 N–H and O–H groups in total. The number of rotatable bonds is 4. The number of pyridine rings is 1. The highest BCUT2D eigenvalue weighted by molar-refractivity contribution is 5.89. The van der Waals surface area contributed by atoms with Crippen molar-refractivity contribution in [3.63, 3.8) is 0 Å². The zero-order valence-electron chi connectivity index (χ0n) is 21.8. The van der Waals surface area contributed by atoms with E-state index in [1.165, 1.54) is 4.68 Å². The Balaban J connectivity index is 1.41. The standard InChI is InChI=1S/C27H34N4O5/c1-26(2,3)35-24(32)30-14-7-8-18-9-10-20(29-23(18)30)13-15-34-21-11-12-22-19(16-21)17-28-31(22)25(33)36-27(4,5)6/h9-12,16-17H,7-8,13-15H2,1-6H3. The van der Waals surface area contributed by atoms with Crippen LogP contribution in [0, 0.1) is 0 Å². The van der Waals surface area contributed by atoms with Crippen LogP contribution in [0.4, 0.5) is 15.4 Å². The van der Waals surface area contributed by atoms with Crippen molar-refractivity contribution in [3.05, 3.63) is 47.8 Å². The molecule has 3 aromatic rings. The number of hydrogen-bond acceptors (Lipinski definition) is 7. The van der Waals surface area contributed by atoms with Gasteiger partial charge in [-0.3, -0.25) is 4.90 Å². The molecule has 1 aliphatic heterocycles. The smallest absolute Gasteiger partial charge is 0.435 e. The van der Waals surface area contributed by atoms with Crippen molar-refractivity contribution in [2.45, 2.75) is 72.0 Å². The van der Waals surface area contributed by atoms with E-state index in [0.717, 1.165) is 29.5 Å². The molecule has 9 heteroatoms. The minimum absolute atomic E-state index is 0.371. The molecule has 0 spiro atoms. The van der Waals surface area contributed by atoms with E-state index in [1.54, 1.807) is 23.2 Å². The second-order valence-corrected chi connectivity index (χ2v) is 10.9. The number of ether oxygens (including phenoxy) is 3. The first kappa shape index (κ1) is 25.5. The first-order valence-corrected chi connectivity index (χ1v) is 12.2. The summed E-state index contributed by atoms with van der Waals surface area (Å²) in [6, 6.07) is 9.45. The average molecular weight is 495 g/mol. The molecule has 3 heterocycles. The van der Waals surface area contributed by atoms with Crippen molar-refractivity contribution in [2.75, 3.05) is 18.1 Å². The van der Waals surface area contributed by atoms with Crippen molar-refractivity contribution < 1.29 is 23.8 Å². The summed E-state index contributed by atoms with van der Waals surface area (Å²) in [4.78, 5) is 31.5. The van der Waals surface area contributed by atoms with Gasteiger partial charge in [0.15, 0.2) is 0 Å². The van der Waals surface area contributed by atoms with Gasteiger partial charge in [-0.2, -0.15) is 9.78 Å². The average Bonchev–Trinajstić information content (AvgIpc) is 3.20. The van der Waals surface area contributed by atoms with Crippen LogP contribution in [0.25, 0.3) is 10.9 Å². The van der Waals surface area contributed by atoms with Gasteiger partial charge in [0.25, 0.3) is 0 Å². The summed E-state index contributed by atoms with van der Waals surface area (Å²) in [5, 5.41) is 4.94. The Morgan fingerprint density at radius 1 is 0.972 bits per heavy atom. The highest BCUT2D eigenvalue weighted by Crippen LogP contribution is 2.27. The summed E-state index contributed by atoms with van der Waals surface area (Å²) in [6.45, 7) is 12.0. The molecule has 36 heavy (non-hydrogen) atoms. The first-order chi connectivity index (χ1) is 16.9. The van der Waals surface area contributed by atoms with Crippen molar-refractivity contribution in [1.82, 2.24) is 14.8 Å². The number of amides is 1. The van der Waals surface area contributed by atoms with Gasteiger partial charge in [-0.15, -0.1) is 0 Å². The van der Waals surface area contributed by atoms with Crippen LogP contribution in [0.1, 0.15) is 59.2 Å². The van der Waals surface area contributed by atoms with Crippen molar-refractivity contribution >= 4 is 28.9 Å². The fraction of sp³-hybridized carbons (Fsp3) is 0.481. The number of carbonyl (C=O) groups excluding carboxylic acids is 2. The van der Waals surface area contributed by atoms with Gasteiger partial charge in [0.05, 0.1) is 18.3 Å². The summed E-state index contributed by atoms with van der Waals surface area (Å²) in [5.41, 5.74) is 1.36. The number of nitrogens with zero attached hydrogens (tertiary/aromatic N) is 4. The van der Waals surface area contributed by atoms with Crippen molar-refractivity contribution in [1.29, 1.82) is 0 Å². The maximum Gasteiger partial charge on any atom is 0.435 e. The Labute approximate surface area is 211 Å². The molecule has 1 amide bonds. The van der Waals surface area contributed by atoms with E-state index in [9.17, 15) is 9.59 Å². The van der Waals surface area contributed by atoms with E-state index in [-0.39, 0.29) is 6.09 Å². The van der Waals surface area contributed by atoms with Gasteiger partial charge in [-0.1, -0.05) is 6.07 Å². The molecule has 0 atom stereocenters. The van der Waals surface area contributed by atoms with Gasteiger partial charge in [0, 0.05) is 24.0 Å². The van der Waals surface area contributed by atoms with Gasteiger partial charge < -0.3 is 14.2 Å². The SMILES string of the molecule is CC(C)(C)OC(=O)N1CCCc2ccc(CCOc3ccc4c(cnn4C(=O)OC(C)(C)C)c3)nc21. The molecule has 0 bridgehead atoms. The highest BCUT2D eigenvalue weighted by Gasteiger charge is 2.28. The van der Waals surface area contributed by atoms with E-state index in [0.29, 0.717) is 36.7 Å². The lowest BCUT2D eigenvalue weighted by molar-refractivity contribution is 0.0520. The molecule has 9 nitrogen and oxygen atoms in total. The maximum absolute atomic E-state index is 12.7. The largest absolute Gasteiger partial charge is 0.493 e. The number of aryl methyl sites for hydroxylation is 1. The highest BCUT2D eigenvalue weighted by atomic mass is 16.6. The molecule has 0 fully saturated rings. The van der Waals surface area contributed by atoms with E-state index in [2.05, 4.69) is 5.10 Å². The van der Waals surface area contributed by atoms with E-state index >= 15 is 0 Å². The van der Waals surface area contributed by atoms with Gasteiger partial charge >= 0.3 is 12.2 Å². The Bertz CT molecular complexity index is 1270. The van der Waals surface area contributed by atoms with E-state index in [1.807, 2.05) is 59.7 Å². The minimum atomic E-state index is -0.604. The van der Waals surface area contributed by atoms with Crippen LogP contribution < -0.4 is 9.64 Å². The van der Waals surface area contributed by atoms with Gasteiger partial charge in [0.2, 0.25) is 0 Å². The van der Waals surface area contributed by atoms with Crippen LogP contribution in [-0.2, 0) is 22.3 Å². The second-order valence-electron chi connectivity index (χ2n) is 10.9. The molecule has 0 unspecified atom stereocenters. The lowest BCUT2D eigenvalue weighted by Crippen LogP contribution is -2.40. The van der Waals surface area contributed by atoms with Gasteiger partial charge in [-0.25, -0.2) is 14.6 Å². The summed E-state index contributed by atoms with van der Waals surface area (Å²) in [5.74, 6) is 1.34. The quantitative estimate of drug-likeness (QED) is 0.471. The molecule has 0 saturated carbocycles. The second kappa shape index (κ2) is 9.79. The summed E-state index contributed by atoms with van der Waals surface area (Å²) >= 11 is 0. The first-order valence-electron chi connectivity index (χ1n) is 12.2. The number of anilines is 1. The lowest BCUT2D eigenvalue weighted by atomic mass is 10.1. The van der Waals surface area contributed by atoms with Crippen molar-refractivity contribution in [3.8, 4) is 5.75 Å². The number of fused-ring (bicyclic) bond motifs is 2. The molecular formula is C27H34N4O5. The van der Waals surface area contributed by atoms with Crippen LogP contribution in [0.2, 0.25) is 0 Å². The van der Waals surface area contributed by atoms with Crippen molar-refractivity contribution in [2.24, 2.45) is 0 Å². The third-order valence-electron chi connectivity index (χ3n) is 5.44. The maximum atomic E-state index is 12.7. The Morgan fingerprint density at radius 3 is 2.42 bits per heavy atom. The van der Waals surface area contributed by atoms with E-state index < -0.39 is 17.3 Å². The van der Waals surface area contributed by atoms with Gasteiger partial charge in [-0.05, 0) is 84.2 Å². The number of hydrogen-bond donors (Lipinski definition) is 0. The number of aromatic nitrogens is 3. The minimum Gasteiger partial charge on any atom is -0.493 e. The monoisotopic (exact) mass is 494 g/mol. The predicted molar refractivity (Wildman–Crippen MR) is 137 cm³/mol. The molecule has 4 rings (SSSR count). The van der Waals surface area contributed by atoms with Crippen LogP contribution >= 0.6 is 0 Å². The Kier molecular flexibility index (Phi) is 6.93. The molecule has 0 saturated heterocycles. The number of benzene rings is 1. The molecule has 2 aromatic heterocycles. The summed E-state index contributed by atoms with van der Waals surface area (Å²) in [7, 11) is 0. The van der Waals surface area contributed by atoms with Crippen LogP contribution in [0.15, 0.2) is 36.5 Å². The van der Waals surface area contributed by atoms with E-state index in [4.69, 9.17) is 19.2 Å². The fourth-order valence-corrected chi connectivity index (χ4v) is 3.94. The molecule has 0 radical (unpaired) electrons. The molecule has 192 valence electrons. The molecule has 1 aromatic carbocycles. The van der Waals surface area contributed by atoms with Crippen LogP contribution in [0.3, 0.4) is 0 Å². The zero-order valence-corrected chi connectivity index (χ0v) is 21.8. The lowest BCUT2D eigenvalue weighted by Gasteiger charge is -2.31. The van der Waals surface area contributed by atoms with Gasteiger partial charge in [0.1, 0.15) is 22.8 Å². The fourth-order valence-electron chi connectivity index (χ4n) is 3.94. The third kappa shape index (κ3) is 6.13. The normalized spacial score (nSPS) is 13.9. The molecule has 0 aliphatic carbocycles. The third-order valence-corrected chi connectivity index (χ3v) is 5.44. The Morgan fingerprint density at radius 2 is 1.69 bits per heavy atom. The van der Waals surface area contributed by atoms with Crippen LogP contribution in [-0.4, -0.2) is 51.3 Å².